The number of likely N-dealkylation sites (N-methyl/N-ethyl adjacent to an activating group) is 1. The molecule has 0 aliphatic heterocycles. The Hall–Kier alpha value is -0.810. The number of carbonyl (C=O) groups is 1. The van der Waals surface area contributed by atoms with Crippen molar-refractivity contribution in [1.82, 2.24) is 10.2 Å². The van der Waals surface area contributed by atoms with E-state index in [-0.39, 0.29) is 19.1 Å². The second-order valence-electron chi connectivity index (χ2n) is 3.86. The van der Waals surface area contributed by atoms with E-state index in [1.54, 1.807) is 19.2 Å². The van der Waals surface area contributed by atoms with Crippen molar-refractivity contribution in [2.75, 3.05) is 26.7 Å². The van der Waals surface area contributed by atoms with Gasteiger partial charge in [0.25, 0.3) is 0 Å². The fourth-order valence-corrected chi connectivity index (χ4v) is 1.85. The molecule has 0 saturated carbocycles. The lowest BCUT2D eigenvalue weighted by molar-refractivity contribution is -0.122. The molecule has 18 heavy (non-hydrogen) atoms. The molecule has 0 aromatic heterocycles. The first-order chi connectivity index (χ1) is 8.56. The van der Waals surface area contributed by atoms with Crippen molar-refractivity contribution >= 4 is 29.1 Å². The molecule has 0 aliphatic carbocycles. The maximum atomic E-state index is 11.3. The largest absolute Gasteiger partial charge is 0.395 e. The molecule has 0 bridgehead atoms. The van der Waals surface area contributed by atoms with Crippen LogP contribution in [0.3, 0.4) is 0 Å². The number of nitrogens with one attached hydrogen (secondary N) is 1. The summed E-state index contributed by atoms with van der Waals surface area (Å²) < 4.78 is 0. The highest BCUT2D eigenvalue weighted by molar-refractivity contribution is 6.42. The van der Waals surface area contributed by atoms with Crippen molar-refractivity contribution in [1.29, 1.82) is 0 Å². The van der Waals surface area contributed by atoms with E-state index >= 15 is 0 Å². The summed E-state index contributed by atoms with van der Waals surface area (Å²) in [6.07, 6.45) is 0. The summed E-state index contributed by atoms with van der Waals surface area (Å²) in [6, 6.07) is 5.33. The van der Waals surface area contributed by atoms with Crippen LogP contribution in [0.25, 0.3) is 0 Å². The summed E-state index contributed by atoms with van der Waals surface area (Å²) in [5.74, 6) is -0.0940. The third-order valence-electron chi connectivity index (χ3n) is 2.45. The van der Waals surface area contributed by atoms with Gasteiger partial charge in [0.2, 0.25) is 5.91 Å². The number of rotatable bonds is 6. The molecule has 1 aromatic carbocycles. The van der Waals surface area contributed by atoms with Crippen LogP contribution in [0.15, 0.2) is 18.2 Å². The van der Waals surface area contributed by atoms with E-state index in [9.17, 15) is 4.79 Å². The van der Waals surface area contributed by atoms with Crippen LogP contribution in [0.4, 0.5) is 0 Å². The fourth-order valence-electron chi connectivity index (χ4n) is 1.53. The van der Waals surface area contributed by atoms with Gasteiger partial charge in [0.15, 0.2) is 0 Å². The average molecular weight is 291 g/mol. The van der Waals surface area contributed by atoms with Gasteiger partial charge in [-0.25, -0.2) is 0 Å². The van der Waals surface area contributed by atoms with Crippen LogP contribution >= 0.6 is 23.2 Å². The van der Waals surface area contributed by atoms with Gasteiger partial charge in [-0.3, -0.25) is 9.69 Å². The SMILES string of the molecule is CNC(=O)CN(CCO)Cc1ccc(Cl)c(Cl)c1. The van der Waals surface area contributed by atoms with Gasteiger partial charge in [0.1, 0.15) is 0 Å². The van der Waals surface area contributed by atoms with E-state index in [0.29, 0.717) is 23.1 Å². The van der Waals surface area contributed by atoms with E-state index in [4.69, 9.17) is 28.3 Å². The molecule has 0 atom stereocenters. The fraction of sp³-hybridized carbons (Fsp3) is 0.417. The van der Waals surface area contributed by atoms with Gasteiger partial charge in [0.05, 0.1) is 23.2 Å². The summed E-state index contributed by atoms with van der Waals surface area (Å²) in [6.45, 7) is 1.19. The molecule has 0 radical (unpaired) electrons. The Labute approximate surface area is 116 Å². The lowest BCUT2D eigenvalue weighted by Crippen LogP contribution is -2.36. The van der Waals surface area contributed by atoms with E-state index in [1.807, 2.05) is 11.0 Å². The Morgan fingerprint density at radius 2 is 2.11 bits per heavy atom. The normalized spacial score (nSPS) is 10.7. The highest BCUT2D eigenvalue weighted by atomic mass is 35.5. The number of hydrogen-bond donors (Lipinski definition) is 2. The zero-order chi connectivity index (χ0) is 13.5. The number of aliphatic hydroxyl groups is 1. The summed E-state index contributed by atoms with van der Waals surface area (Å²) in [4.78, 5) is 13.2. The zero-order valence-corrected chi connectivity index (χ0v) is 11.6. The molecule has 4 nitrogen and oxygen atoms in total. The lowest BCUT2D eigenvalue weighted by atomic mass is 10.2. The molecule has 0 spiro atoms. The number of hydrogen-bond acceptors (Lipinski definition) is 3. The number of benzene rings is 1. The molecule has 6 heteroatoms. The number of nitrogens with zero attached hydrogens (tertiary/aromatic N) is 1. The van der Waals surface area contributed by atoms with E-state index in [2.05, 4.69) is 5.32 Å². The molecule has 2 N–H and O–H groups in total. The number of aliphatic hydroxyl groups excluding tert-OH is 1. The monoisotopic (exact) mass is 290 g/mol. The molecule has 1 rings (SSSR count). The Morgan fingerprint density at radius 3 is 2.67 bits per heavy atom. The minimum atomic E-state index is -0.0940. The lowest BCUT2D eigenvalue weighted by Gasteiger charge is -2.20. The first-order valence-corrected chi connectivity index (χ1v) is 6.30. The molecule has 0 saturated heterocycles. The maximum absolute atomic E-state index is 11.3. The Kier molecular flexibility index (Phi) is 6.43. The van der Waals surface area contributed by atoms with Crippen LogP contribution in [-0.2, 0) is 11.3 Å². The van der Waals surface area contributed by atoms with Crippen LogP contribution in [-0.4, -0.2) is 42.7 Å². The van der Waals surface area contributed by atoms with E-state index in [0.717, 1.165) is 5.56 Å². The number of amides is 1. The number of carbonyl (C=O) groups excluding carboxylic acids is 1. The molecular formula is C12H16Cl2N2O2. The maximum Gasteiger partial charge on any atom is 0.233 e. The first-order valence-electron chi connectivity index (χ1n) is 5.54. The highest BCUT2D eigenvalue weighted by Gasteiger charge is 2.10. The van der Waals surface area contributed by atoms with Gasteiger partial charge < -0.3 is 10.4 Å². The standard InChI is InChI=1S/C12H16Cl2N2O2/c1-15-12(18)8-16(4-5-17)7-9-2-3-10(13)11(14)6-9/h2-3,6,17H,4-5,7-8H2,1H3,(H,15,18). The van der Waals surface area contributed by atoms with Crippen molar-refractivity contribution in [3.63, 3.8) is 0 Å². The zero-order valence-electron chi connectivity index (χ0n) is 10.1. The Morgan fingerprint density at radius 1 is 1.39 bits per heavy atom. The summed E-state index contributed by atoms with van der Waals surface area (Å²) >= 11 is 11.8. The van der Waals surface area contributed by atoms with Gasteiger partial charge in [-0.05, 0) is 17.7 Å². The first kappa shape index (κ1) is 15.2. The average Bonchev–Trinajstić information content (AvgIpc) is 2.34. The minimum absolute atomic E-state index is 0.00167. The minimum Gasteiger partial charge on any atom is -0.395 e. The molecule has 1 amide bonds. The molecule has 0 unspecified atom stereocenters. The van der Waals surface area contributed by atoms with Crippen LogP contribution in [0.1, 0.15) is 5.56 Å². The van der Waals surface area contributed by atoms with Crippen molar-refractivity contribution in [2.45, 2.75) is 6.54 Å². The summed E-state index contributed by atoms with van der Waals surface area (Å²) in [5, 5.41) is 12.5. The molecule has 0 heterocycles. The van der Waals surface area contributed by atoms with Crippen LogP contribution in [0, 0.1) is 0 Å². The molecule has 0 fully saturated rings. The predicted molar refractivity (Wildman–Crippen MR) is 72.9 cm³/mol. The highest BCUT2D eigenvalue weighted by Crippen LogP contribution is 2.23. The van der Waals surface area contributed by atoms with Crippen LogP contribution in [0.2, 0.25) is 10.0 Å². The smallest absolute Gasteiger partial charge is 0.233 e. The van der Waals surface area contributed by atoms with Gasteiger partial charge >= 0.3 is 0 Å². The molecule has 1 aromatic rings. The third kappa shape index (κ3) is 4.82. The van der Waals surface area contributed by atoms with Crippen molar-refractivity contribution in [3.8, 4) is 0 Å². The van der Waals surface area contributed by atoms with E-state index < -0.39 is 0 Å². The van der Waals surface area contributed by atoms with E-state index in [1.165, 1.54) is 0 Å². The third-order valence-corrected chi connectivity index (χ3v) is 3.19. The van der Waals surface area contributed by atoms with Gasteiger partial charge in [-0.15, -0.1) is 0 Å². The predicted octanol–water partition coefficient (Wildman–Crippen LogP) is 1.53. The second-order valence-corrected chi connectivity index (χ2v) is 4.67. The van der Waals surface area contributed by atoms with Gasteiger partial charge in [0, 0.05) is 20.1 Å². The second kappa shape index (κ2) is 7.59. The van der Waals surface area contributed by atoms with Crippen molar-refractivity contribution in [2.24, 2.45) is 0 Å². The summed E-state index contributed by atoms with van der Waals surface area (Å²) in [5.41, 5.74) is 0.946. The summed E-state index contributed by atoms with van der Waals surface area (Å²) in [7, 11) is 1.58. The Balaban J connectivity index is 2.69. The molecular weight excluding hydrogens is 275 g/mol. The topological polar surface area (TPSA) is 52.6 Å². The van der Waals surface area contributed by atoms with Crippen molar-refractivity contribution in [3.05, 3.63) is 33.8 Å². The number of halogens is 2. The molecule has 0 aliphatic rings. The Bertz CT molecular complexity index is 413. The van der Waals surface area contributed by atoms with Gasteiger partial charge in [-0.1, -0.05) is 29.3 Å². The van der Waals surface area contributed by atoms with Crippen LogP contribution < -0.4 is 5.32 Å². The molecule has 100 valence electrons. The van der Waals surface area contributed by atoms with Crippen LogP contribution in [0.5, 0.6) is 0 Å². The van der Waals surface area contributed by atoms with Gasteiger partial charge in [-0.2, -0.15) is 0 Å². The van der Waals surface area contributed by atoms with Crippen molar-refractivity contribution < 1.29 is 9.90 Å². The quantitative estimate of drug-likeness (QED) is 0.836.